The van der Waals surface area contributed by atoms with Crippen LogP contribution in [0.15, 0.2) is 0 Å². The van der Waals surface area contributed by atoms with E-state index in [4.69, 9.17) is 0 Å². The predicted octanol–water partition coefficient (Wildman–Crippen LogP) is 2.01. The first-order valence-electron chi connectivity index (χ1n) is 6.67. The van der Waals surface area contributed by atoms with Crippen molar-refractivity contribution in [2.75, 3.05) is 5.75 Å². The molecule has 92 valence electrons. The van der Waals surface area contributed by atoms with Gasteiger partial charge in [-0.2, -0.15) is 0 Å². The van der Waals surface area contributed by atoms with Gasteiger partial charge in [-0.1, -0.05) is 0 Å². The normalized spacial score (nSPS) is 48.2. The summed E-state index contributed by atoms with van der Waals surface area (Å²) in [7, 11) is 0. The van der Waals surface area contributed by atoms with Crippen LogP contribution in [0.25, 0.3) is 0 Å². The number of ketones is 1. The van der Waals surface area contributed by atoms with Crippen LogP contribution < -0.4 is 0 Å². The van der Waals surface area contributed by atoms with Crippen molar-refractivity contribution < 1.29 is 9.59 Å². The number of hydrogen-bond acceptors (Lipinski definition) is 3. The van der Waals surface area contributed by atoms with Gasteiger partial charge in [0.15, 0.2) is 0 Å². The molecule has 17 heavy (non-hydrogen) atoms. The van der Waals surface area contributed by atoms with Gasteiger partial charge in [0.05, 0.1) is 11.3 Å². The van der Waals surface area contributed by atoms with E-state index in [9.17, 15) is 9.59 Å². The van der Waals surface area contributed by atoms with Crippen molar-refractivity contribution in [1.82, 2.24) is 4.31 Å². The molecule has 0 atom stereocenters. The number of carbonyl (C=O) groups is 2. The molecular formula is C13H17NO2S. The van der Waals surface area contributed by atoms with E-state index in [0.717, 1.165) is 37.0 Å². The van der Waals surface area contributed by atoms with Crippen molar-refractivity contribution in [2.24, 2.45) is 17.8 Å². The lowest BCUT2D eigenvalue weighted by Gasteiger charge is -2.59. The Kier molecular flexibility index (Phi) is 2.01. The summed E-state index contributed by atoms with van der Waals surface area (Å²) in [6.07, 6.45) is 7.60. The van der Waals surface area contributed by atoms with E-state index in [1.165, 1.54) is 31.2 Å². The first kappa shape index (κ1) is 10.4. The van der Waals surface area contributed by atoms with E-state index >= 15 is 0 Å². The molecule has 0 spiro atoms. The van der Waals surface area contributed by atoms with E-state index < -0.39 is 0 Å². The maximum atomic E-state index is 12.0. The van der Waals surface area contributed by atoms with Crippen molar-refractivity contribution in [3.05, 3.63) is 0 Å². The molecule has 5 rings (SSSR count). The number of nitrogens with zero attached hydrogens (tertiary/aromatic N) is 1. The molecule has 0 aromatic heterocycles. The summed E-state index contributed by atoms with van der Waals surface area (Å²) in [5.74, 6) is 2.45. The fourth-order valence-electron chi connectivity index (χ4n) is 5.02. The van der Waals surface area contributed by atoms with E-state index in [1.807, 2.05) is 4.31 Å². The molecule has 1 saturated heterocycles. The number of amides is 1. The van der Waals surface area contributed by atoms with E-state index in [1.54, 1.807) is 0 Å². The first-order chi connectivity index (χ1) is 8.16. The number of carbonyl (C=O) groups excluding carboxylic acids is 2. The summed E-state index contributed by atoms with van der Waals surface area (Å²) in [6.45, 7) is 0. The van der Waals surface area contributed by atoms with Crippen LogP contribution in [-0.2, 0) is 9.59 Å². The minimum atomic E-state index is -0.211. The third kappa shape index (κ3) is 1.36. The highest BCUT2D eigenvalue weighted by Gasteiger charge is 2.57. The average Bonchev–Trinajstić information content (AvgIpc) is 2.58. The van der Waals surface area contributed by atoms with Gasteiger partial charge < -0.3 is 0 Å². The summed E-state index contributed by atoms with van der Waals surface area (Å²) in [5, 5.41) is 0. The van der Waals surface area contributed by atoms with Crippen LogP contribution in [0.2, 0.25) is 0 Å². The number of Topliss-reactive ketones (excluding diaryl/α,β-unsaturated/α-hetero) is 1. The van der Waals surface area contributed by atoms with Crippen molar-refractivity contribution in [2.45, 2.75) is 44.1 Å². The SMILES string of the molecule is O=C1CSN(C23CC4CC(CC(C4)C2)C3)C1=O. The zero-order valence-electron chi connectivity index (χ0n) is 9.85. The Bertz CT molecular complexity index is 371. The van der Waals surface area contributed by atoms with Crippen LogP contribution in [0, 0.1) is 17.8 Å². The van der Waals surface area contributed by atoms with Crippen molar-refractivity contribution in [3.63, 3.8) is 0 Å². The quantitative estimate of drug-likeness (QED) is 0.528. The van der Waals surface area contributed by atoms with Gasteiger partial charge in [-0.25, -0.2) is 0 Å². The molecule has 4 heteroatoms. The second kappa shape index (κ2) is 3.28. The molecule has 0 radical (unpaired) electrons. The molecule has 0 unspecified atom stereocenters. The molecule has 0 aromatic carbocycles. The van der Waals surface area contributed by atoms with Crippen molar-refractivity contribution >= 4 is 23.6 Å². The number of hydrogen-bond donors (Lipinski definition) is 0. The molecule has 1 aliphatic heterocycles. The highest BCUT2D eigenvalue weighted by Crippen LogP contribution is 2.59. The largest absolute Gasteiger partial charge is 0.301 e. The Morgan fingerprint density at radius 1 is 1.00 bits per heavy atom. The van der Waals surface area contributed by atoms with Crippen LogP contribution in [0.5, 0.6) is 0 Å². The lowest BCUT2D eigenvalue weighted by molar-refractivity contribution is -0.146. The topological polar surface area (TPSA) is 37.4 Å². The van der Waals surface area contributed by atoms with Gasteiger partial charge >= 0.3 is 5.91 Å². The summed E-state index contributed by atoms with van der Waals surface area (Å²) < 4.78 is 1.89. The Morgan fingerprint density at radius 2 is 1.53 bits per heavy atom. The van der Waals surface area contributed by atoms with Crippen molar-refractivity contribution in [1.29, 1.82) is 0 Å². The Hall–Kier alpha value is -0.510. The molecule has 4 bridgehead atoms. The zero-order valence-corrected chi connectivity index (χ0v) is 10.7. The fourth-order valence-corrected chi connectivity index (χ4v) is 6.11. The van der Waals surface area contributed by atoms with Gasteiger partial charge in [0.2, 0.25) is 5.78 Å². The second-order valence-electron chi connectivity index (χ2n) is 6.44. The summed E-state index contributed by atoms with van der Waals surface area (Å²) in [4.78, 5) is 23.4. The highest BCUT2D eigenvalue weighted by molar-refractivity contribution is 7.99. The lowest BCUT2D eigenvalue weighted by Crippen LogP contribution is -2.58. The van der Waals surface area contributed by atoms with Crippen LogP contribution in [-0.4, -0.2) is 27.3 Å². The Balaban J connectivity index is 1.68. The van der Waals surface area contributed by atoms with Crippen molar-refractivity contribution in [3.8, 4) is 0 Å². The van der Waals surface area contributed by atoms with E-state index in [-0.39, 0.29) is 17.2 Å². The smallest absolute Gasteiger partial charge is 0.288 e. The molecular weight excluding hydrogens is 234 g/mol. The summed E-state index contributed by atoms with van der Waals surface area (Å²) in [6, 6.07) is 0. The molecule has 0 aromatic rings. The second-order valence-corrected chi connectivity index (χ2v) is 7.35. The maximum Gasteiger partial charge on any atom is 0.301 e. The van der Waals surface area contributed by atoms with Crippen LogP contribution in [0.1, 0.15) is 38.5 Å². The van der Waals surface area contributed by atoms with Gasteiger partial charge in [-0.05, 0) is 68.2 Å². The molecule has 0 N–H and O–H groups in total. The summed E-state index contributed by atoms with van der Waals surface area (Å²) in [5.41, 5.74) is 0.0582. The van der Waals surface area contributed by atoms with Gasteiger partial charge in [0, 0.05) is 0 Å². The maximum absolute atomic E-state index is 12.0. The molecule has 5 aliphatic rings. The molecule has 4 saturated carbocycles. The van der Waals surface area contributed by atoms with Gasteiger partial charge in [-0.15, -0.1) is 0 Å². The highest BCUT2D eigenvalue weighted by atomic mass is 32.2. The van der Waals surface area contributed by atoms with Crippen LogP contribution in [0.3, 0.4) is 0 Å². The fraction of sp³-hybridized carbons (Fsp3) is 0.846. The van der Waals surface area contributed by atoms with E-state index in [2.05, 4.69) is 0 Å². The molecule has 4 aliphatic carbocycles. The van der Waals surface area contributed by atoms with Gasteiger partial charge in [-0.3, -0.25) is 13.9 Å². The molecule has 5 fully saturated rings. The summed E-state index contributed by atoms with van der Waals surface area (Å²) >= 11 is 1.48. The minimum Gasteiger partial charge on any atom is -0.288 e. The number of rotatable bonds is 1. The molecule has 1 heterocycles. The zero-order chi connectivity index (χ0) is 11.6. The van der Waals surface area contributed by atoms with Crippen LogP contribution in [0.4, 0.5) is 0 Å². The minimum absolute atomic E-state index is 0.0582. The third-order valence-electron chi connectivity index (χ3n) is 5.18. The monoisotopic (exact) mass is 251 g/mol. The Labute approximate surface area is 105 Å². The Morgan fingerprint density at radius 3 is 1.94 bits per heavy atom. The van der Waals surface area contributed by atoms with Crippen LogP contribution >= 0.6 is 11.9 Å². The standard InChI is InChI=1S/C13H17NO2S/c15-11-7-17-14(12(11)16)13-4-8-1-9(5-13)3-10(2-8)6-13/h8-10H,1-7H2. The van der Waals surface area contributed by atoms with E-state index in [0.29, 0.717) is 5.75 Å². The van der Waals surface area contributed by atoms with Gasteiger partial charge in [0.25, 0.3) is 0 Å². The third-order valence-corrected chi connectivity index (χ3v) is 6.39. The predicted molar refractivity (Wildman–Crippen MR) is 65.2 cm³/mol. The first-order valence-corrected chi connectivity index (χ1v) is 7.61. The molecule has 3 nitrogen and oxygen atoms in total. The average molecular weight is 251 g/mol. The lowest BCUT2D eigenvalue weighted by atomic mass is 9.53. The van der Waals surface area contributed by atoms with Gasteiger partial charge in [0.1, 0.15) is 0 Å². The molecule has 1 amide bonds.